The second-order valence-electron chi connectivity index (χ2n) is 6.34. The van der Waals surface area contributed by atoms with Crippen molar-refractivity contribution in [1.29, 1.82) is 0 Å². The SMILES string of the molecule is COc1ccc(CC(=O)N2N=C3CCCC[C@@H]3[C@]2(O)C(F)(F)F)cc1. The molecule has 1 N–H and O–H groups in total. The van der Waals surface area contributed by atoms with Crippen LogP contribution in [0.4, 0.5) is 13.2 Å². The highest BCUT2D eigenvalue weighted by Gasteiger charge is 2.68. The zero-order valence-corrected chi connectivity index (χ0v) is 13.7. The summed E-state index contributed by atoms with van der Waals surface area (Å²) in [5.74, 6) is -1.48. The van der Waals surface area contributed by atoms with E-state index in [9.17, 15) is 23.1 Å². The van der Waals surface area contributed by atoms with Crippen LogP contribution in [0.3, 0.4) is 0 Å². The molecular weight excluding hydrogens is 337 g/mol. The largest absolute Gasteiger partial charge is 0.497 e. The number of rotatable bonds is 3. The predicted octanol–water partition coefficient (Wildman–Crippen LogP) is 2.88. The maximum Gasteiger partial charge on any atom is 0.439 e. The van der Waals surface area contributed by atoms with E-state index in [1.165, 1.54) is 7.11 Å². The van der Waals surface area contributed by atoms with Crippen LogP contribution in [0.5, 0.6) is 5.75 Å². The molecule has 8 heteroatoms. The fourth-order valence-corrected chi connectivity index (χ4v) is 3.46. The molecule has 136 valence electrons. The first-order valence-electron chi connectivity index (χ1n) is 8.10. The molecule has 0 bridgehead atoms. The molecule has 1 amide bonds. The molecule has 2 aliphatic rings. The number of carbonyl (C=O) groups excluding carboxylic acids is 1. The Morgan fingerprint density at radius 1 is 1.36 bits per heavy atom. The number of nitrogens with zero attached hydrogens (tertiary/aromatic N) is 2. The average molecular weight is 356 g/mol. The minimum atomic E-state index is -4.98. The van der Waals surface area contributed by atoms with Gasteiger partial charge in [0.2, 0.25) is 5.91 Å². The van der Waals surface area contributed by atoms with Gasteiger partial charge in [0.15, 0.2) is 0 Å². The lowest BCUT2D eigenvalue weighted by atomic mass is 9.80. The molecule has 0 unspecified atom stereocenters. The monoisotopic (exact) mass is 356 g/mol. The van der Waals surface area contributed by atoms with E-state index in [2.05, 4.69) is 5.10 Å². The van der Waals surface area contributed by atoms with Crippen molar-refractivity contribution >= 4 is 11.6 Å². The summed E-state index contributed by atoms with van der Waals surface area (Å²) in [4.78, 5) is 12.5. The molecule has 0 saturated heterocycles. The maximum atomic E-state index is 13.6. The standard InChI is InChI=1S/C17H19F3N2O3/c1-25-12-8-6-11(7-9-12)10-15(23)22-16(24,17(18,19)20)13-4-2-3-5-14(13)21-22/h6-9,13,24H,2-5,10H2,1H3/t13-,16-/m0/s1. The summed E-state index contributed by atoms with van der Waals surface area (Å²) in [5.41, 5.74) is -2.48. The van der Waals surface area contributed by atoms with Crippen molar-refractivity contribution in [3.8, 4) is 5.75 Å². The molecule has 1 heterocycles. The summed E-state index contributed by atoms with van der Waals surface area (Å²) in [5, 5.41) is 14.6. The van der Waals surface area contributed by atoms with Gasteiger partial charge in [0.1, 0.15) is 5.75 Å². The van der Waals surface area contributed by atoms with Gasteiger partial charge < -0.3 is 9.84 Å². The number of carbonyl (C=O) groups is 1. The van der Waals surface area contributed by atoms with Crippen LogP contribution >= 0.6 is 0 Å². The molecule has 0 radical (unpaired) electrons. The zero-order chi connectivity index (χ0) is 18.2. The Bertz CT molecular complexity index is 687. The van der Waals surface area contributed by atoms with E-state index in [0.29, 0.717) is 30.6 Å². The van der Waals surface area contributed by atoms with Crippen molar-refractivity contribution in [2.45, 2.75) is 44.0 Å². The molecule has 1 aliphatic carbocycles. The molecular formula is C17H19F3N2O3. The van der Waals surface area contributed by atoms with Crippen molar-refractivity contribution < 1.29 is 27.8 Å². The Kier molecular flexibility index (Phi) is 4.49. The topological polar surface area (TPSA) is 62.1 Å². The number of halogens is 3. The lowest BCUT2D eigenvalue weighted by Crippen LogP contribution is -2.61. The Labute approximate surface area is 143 Å². The first-order chi connectivity index (χ1) is 11.8. The normalized spacial score (nSPS) is 26.2. The second-order valence-corrected chi connectivity index (χ2v) is 6.34. The first kappa shape index (κ1) is 17.7. The van der Waals surface area contributed by atoms with Gasteiger partial charge in [-0.2, -0.15) is 23.3 Å². The Morgan fingerprint density at radius 3 is 2.64 bits per heavy atom. The van der Waals surface area contributed by atoms with Crippen molar-refractivity contribution in [3.63, 3.8) is 0 Å². The summed E-state index contributed by atoms with van der Waals surface area (Å²) in [6.45, 7) is 0. The second kappa shape index (κ2) is 6.33. The number of amides is 1. The van der Waals surface area contributed by atoms with Crippen LogP contribution in [0, 0.1) is 5.92 Å². The summed E-state index contributed by atoms with van der Waals surface area (Å²) < 4.78 is 45.9. The third kappa shape index (κ3) is 2.99. The maximum absolute atomic E-state index is 13.6. The van der Waals surface area contributed by atoms with Gasteiger partial charge in [0.25, 0.3) is 5.72 Å². The molecule has 0 aromatic heterocycles. The van der Waals surface area contributed by atoms with Gasteiger partial charge in [0.05, 0.1) is 19.4 Å². The molecule has 1 fully saturated rings. The Morgan fingerprint density at radius 2 is 2.04 bits per heavy atom. The molecule has 1 saturated carbocycles. The van der Waals surface area contributed by atoms with Gasteiger partial charge >= 0.3 is 6.18 Å². The van der Waals surface area contributed by atoms with E-state index >= 15 is 0 Å². The summed E-state index contributed by atoms with van der Waals surface area (Å²) in [7, 11) is 1.49. The number of aliphatic hydroxyl groups is 1. The molecule has 0 spiro atoms. The minimum Gasteiger partial charge on any atom is -0.497 e. The third-order valence-electron chi connectivity index (χ3n) is 4.78. The number of hydrogen-bond acceptors (Lipinski definition) is 4. The highest BCUT2D eigenvalue weighted by atomic mass is 19.4. The van der Waals surface area contributed by atoms with Crippen LogP contribution in [0.25, 0.3) is 0 Å². The number of benzene rings is 1. The number of methoxy groups -OCH3 is 1. The number of fused-ring (bicyclic) bond motifs is 1. The lowest BCUT2D eigenvalue weighted by Gasteiger charge is -2.38. The van der Waals surface area contributed by atoms with Gasteiger partial charge in [-0.05, 0) is 37.0 Å². The molecule has 2 atom stereocenters. The van der Waals surface area contributed by atoms with E-state index in [1.54, 1.807) is 24.3 Å². The van der Waals surface area contributed by atoms with E-state index in [0.717, 1.165) is 0 Å². The van der Waals surface area contributed by atoms with E-state index in [4.69, 9.17) is 4.74 Å². The van der Waals surface area contributed by atoms with Crippen molar-refractivity contribution in [1.82, 2.24) is 5.01 Å². The van der Waals surface area contributed by atoms with Crippen LogP contribution in [0.1, 0.15) is 31.2 Å². The summed E-state index contributed by atoms with van der Waals surface area (Å²) >= 11 is 0. The molecule has 25 heavy (non-hydrogen) atoms. The van der Waals surface area contributed by atoms with Gasteiger partial charge in [0, 0.05) is 5.71 Å². The lowest BCUT2D eigenvalue weighted by molar-refractivity contribution is -0.317. The fraction of sp³-hybridized carbons (Fsp3) is 0.529. The number of ether oxygens (including phenoxy) is 1. The Balaban J connectivity index is 1.87. The number of hydrazone groups is 1. The molecule has 1 aliphatic heterocycles. The highest BCUT2D eigenvalue weighted by molar-refractivity contribution is 5.93. The van der Waals surface area contributed by atoms with Crippen molar-refractivity contribution in [3.05, 3.63) is 29.8 Å². The molecule has 5 nitrogen and oxygen atoms in total. The van der Waals surface area contributed by atoms with Gasteiger partial charge in [-0.1, -0.05) is 18.6 Å². The summed E-state index contributed by atoms with van der Waals surface area (Å²) in [6.07, 6.45) is -3.44. The smallest absolute Gasteiger partial charge is 0.439 e. The zero-order valence-electron chi connectivity index (χ0n) is 13.7. The average Bonchev–Trinajstić information content (AvgIpc) is 2.90. The van der Waals surface area contributed by atoms with Crippen molar-refractivity contribution in [2.24, 2.45) is 11.0 Å². The van der Waals surface area contributed by atoms with Crippen LogP contribution in [0.15, 0.2) is 29.4 Å². The van der Waals surface area contributed by atoms with Crippen LogP contribution in [-0.4, -0.2) is 40.7 Å². The van der Waals surface area contributed by atoms with E-state index in [-0.39, 0.29) is 23.6 Å². The van der Waals surface area contributed by atoms with Crippen LogP contribution in [0.2, 0.25) is 0 Å². The predicted molar refractivity (Wildman–Crippen MR) is 83.9 cm³/mol. The third-order valence-corrected chi connectivity index (χ3v) is 4.78. The quantitative estimate of drug-likeness (QED) is 0.906. The van der Waals surface area contributed by atoms with Crippen LogP contribution < -0.4 is 4.74 Å². The molecule has 3 rings (SSSR count). The Hall–Kier alpha value is -2.09. The molecule has 1 aromatic rings. The van der Waals surface area contributed by atoms with Gasteiger partial charge in [-0.3, -0.25) is 4.79 Å². The van der Waals surface area contributed by atoms with E-state index in [1.807, 2.05) is 0 Å². The van der Waals surface area contributed by atoms with Crippen molar-refractivity contribution in [2.75, 3.05) is 7.11 Å². The number of hydrogen-bond donors (Lipinski definition) is 1. The fourth-order valence-electron chi connectivity index (χ4n) is 3.46. The highest BCUT2D eigenvalue weighted by Crippen LogP contribution is 2.48. The van der Waals surface area contributed by atoms with Gasteiger partial charge in [-0.25, -0.2) is 0 Å². The van der Waals surface area contributed by atoms with Gasteiger partial charge in [-0.15, -0.1) is 0 Å². The molecule has 1 aromatic carbocycles. The summed E-state index contributed by atoms with van der Waals surface area (Å²) in [6, 6.07) is 6.43. The first-order valence-corrected chi connectivity index (χ1v) is 8.10. The number of alkyl halides is 3. The minimum absolute atomic E-state index is 0.168. The van der Waals surface area contributed by atoms with E-state index < -0.39 is 23.7 Å². The van der Waals surface area contributed by atoms with Crippen LogP contribution in [-0.2, 0) is 11.2 Å².